The van der Waals surface area contributed by atoms with Crippen LogP contribution in [-0.4, -0.2) is 42.3 Å². The molecule has 0 saturated carbocycles. The molecule has 2 atom stereocenters. The van der Waals surface area contributed by atoms with Crippen LogP contribution in [0.4, 0.5) is 0 Å². The van der Waals surface area contributed by atoms with Gasteiger partial charge < -0.3 is 14.2 Å². The summed E-state index contributed by atoms with van der Waals surface area (Å²) in [5.41, 5.74) is 6.38. The minimum atomic E-state index is -0.115. The first kappa shape index (κ1) is 16.4. The van der Waals surface area contributed by atoms with Crippen LogP contribution >= 0.6 is 0 Å². The molecule has 0 radical (unpaired) electrons. The Kier molecular flexibility index (Phi) is 3.54. The molecule has 0 bridgehead atoms. The second kappa shape index (κ2) is 5.84. The van der Waals surface area contributed by atoms with Gasteiger partial charge in [-0.25, -0.2) is 0 Å². The first-order chi connectivity index (χ1) is 13.1. The Labute approximate surface area is 158 Å². The second-order valence-electron chi connectivity index (χ2n) is 7.82. The van der Waals surface area contributed by atoms with Crippen molar-refractivity contribution in [1.82, 2.24) is 9.80 Å². The van der Waals surface area contributed by atoms with Gasteiger partial charge in [-0.05, 0) is 54.0 Å². The quantitative estimate of drug-likeness (QED) is 0.825. The van der Waals surface area contributed by atoms with Crippen molar-refractivity contribution >= 4 is 11.8 Å². The molecule has 1 aliphatic carbocycles. The number of aryl methyl sites for hydroxylation is 1. The SMILES string of the molecule is CN1CC=C([C@H]2CCc3ccc4c(c3C2)[C@H](c2ccoc2)N(C)C4=O)C1=O. The van der Waals surface area contributed by atoms with Gasteiger partial charge in [0.15, 0.2) is 0 Å². The van der Waals surface area contributed by atoms with Crippen LogP contribution < -0.4 is 0 Å². The molecule has 1 aromatic heterocycles. The molecule has 138 valence electrons. The number of hydrogen-bond acceptors (Lipinski definition) is 3. The van der Waals surface area contributed by atoms with Crippen molar-refractivity contribution in [3.05, 3.63) is 70.2 Å². The first-order valence-electron chi connectivity index (χ1n) is 9.45. The van der Waals surface area contributed by atoms with Crippen LogP contribution in [0.1, 0.15) is 45.1 Å². The van der Waals surface area contributed by atoms with Crippen LogP contribution in [0.5, 0.6) is 0 Å². The van der Waals surface area contributed by atoms with E-state index in [0.717, 1.165) is 41.5 Å². The summed E-state index contributed by atoms with van der Waals surface area (Å²) < 4.78 is 5.30. The van der Waals surface area contributed by atoms with E-state index in [-0.39, 0.29) is 23.8 Å². The molecule has 1 aromatic carbocycles. The lowest BCUT2D eigenvalue weighted by molar-refractivity contribution is -0.124. The molecule has 3 heterocycles. The van der Waals surface area contributed by atoms with E-state index in [1.54, 1.807) is 22.3 Å². The van der Waals surface area contributed by atoms with Gasteiger partial charge in [-0.2, -0.15) is 0 Å². The van der Waals surface area contributed by atoms with Crippen LogP contribution in [0.3, 0.4) is 0 Å². The van der Waals surface area contributed by atoms with Gasteiger partial charge in [-0.1, -0.05) is 12.1 Å². The lowest BCUT2D eigenvalue weighted by Gasteiger charge is -2.29. The van der Waals surface area contributed by atoms with E-state index in [2.05, 4.69) is 12.1 Å². The van der Waals surface area contributed by atoms with Crippen molar-refractivity contribution in [1.29, 1.82) is 0 Å². The van der Waals surface area contributed by atoms with Gasteiger partial charge in [0, 0.05) is 37.3 Å². The van der Waals surface area contributed by atoms with Gasteiger partial charge in [0.1, 0.15) is 0 Å². The van der Waals surface area contributed by atoms with E-state index in [4.69, 9.17) is 4.42 Å². The average Bonchev–Trinajstić information content (AvgIpc) is 3.37. The van der Waals surface area contributed by atoms with Crippen LogP contribution in [-0.2, 0) is 17.6 Å². The predicted molar refractivity (Wildman–Crippen MR) is 100 cm³/mol. The zero-order valence-corrected chi connectivity index (χ0v) is 15.6. The standard InChI is InChI=1S/C22H22N2O3/c1-23-9-7-16(21(23)25)14-4-3-13-5-6-17-19(18(13)11-14)20(24(2)22(17)26)15-8-10-27-12-15/h5-8,10,12,14,20H,3-4,9,11H2,1-2H3/t14-,20-/m0/s1. The molecule has 3 aliphatic rings. The minimum absolute atomic E-state index is 0.0528. The number of benzene rings is 1. The molecule has 5 nitrogen and oxygen atoms in total. The van der Waals surface area contributed by atoms with E-state index in [0.29, 0.717) is 6.54 Å². The third-order valence-electron chi connectivity index (χ3n) is 6.36. The fourth-order valence-electron chi connectivity index (χ4n) is 4.92. The summed E-state index contributed by atoms with van der Waals surface area (Å²) in [6.45, 7) is 0.698. The van der Waals surface area contributed by atoms with E-state index < -0.39 is 0 Å². The summed E-state index contributed by atoms with van der Waals surface area (Å²) in [6, 6.07) is 5.89. The molecular formula is C22H22N2O3. The number of fused-ring (bicyclic) bond motifs is 3. The Bertz CT molecular complexity index is 974. The average molecular weight is 362 g/mol. The molecule has 0 fully saturated rings. The summed E-state index contributed by atoms with van der Waals surface area (Å²) >= 11 is 0. The minimum Gasteiger partial charge on any atom is -0.472 e. The molecule has 2 aromatic rings. The molecular weight excluding hydrogens is 340 g/mol. The van der Waals surface area contributed by atoms with Crippen molar-refractivity contribution in [2.75, 3.05) is 20.6 Å². The first-order valence-corrected chi connectivity index (χ1v) is 9.45. The third kappa shape index (κ3) is 2.30. The molecule has 0 N–H and O–H groups in total. The summed E-state index contributed by atoms with van der Waals surface area (Å²) in [6.07, 6.45) is 8.20. The molecule has 5 heteroatoms. The maximum atomic E-state index is 12.8. The Balaban J connectivity index is 1.60. The second-order valence-corrected chi connectivity index (χ2v) is 7.82. The molecule has 0 saturated heterocycles. The van der Waals surface area contributed by atoms with Crippen LogP contribution in [0.15, 0.2) is 46.8 Å². The van der Waals surface area contributed by atoms with E-state index in [9.17, 15) is 9.59 Å². The fourth-order valence-corrected chi connectivity index (χ4v) is 4.92. The topological polar surface area (TPSA) is 53.8 Å². The number of hydrogen-bond donors (Lipinski definition) is 0. The highest BCUT2D eigenvalue weighted by molar-refractivity contribution is 6.00. The van der Waals surface area contributed by atoms with E-state index >= 15 is 0 Å². The third-order valence-corrected chi connectivity index (χ3v) is 6.36. The van der Waals surface area contributed by atoms with E-state index in [1.807, 2.05) is 26.2 Å². The molecule has 27 heavy (non-hydrogen) atoms. The van der Waals surface area contributed by atoms with Gasteiger partial charge in [-0.3, -0.25) is 9.59 Å². The smallest absolute Gasteiger partial charge is 0.254 e. The summed E-state index contributed by atoms with van der Waals surface area (Å²) in [5.74, 6) is 0.431. The highest BCUT2D eigenvalue weighted by atomic mass is 16.3. The maximum Gasteiger partial charge on any atom is 0.254 e. The van der Waals surface area contributed by atoms with Crippen molar-refractivity contribution in [3.63, 3.8) is 0 Å². The van der Waals surface area contributed by atoms with Gasteiger partial charge in [-0.15, -0.1) is 0 Å². The summed E-state index contributed by atoms with van der Waals surface area (Å²) in [5, 5.41) is 0. The Morgan fingerprint density at radius 2 is 1.96 bits per heavy atom. The maximum absolute atomic E-state index is 12.8. The predicted octanol–water partition coefficient (Wildman–Crippen LogP) is 2.96. The van der Waals surface area contributed by atoms with Crippen molar-refractivity contribution in [2.45, 2.75) is 25.3 Å². The Hall–Kier alpha value is -2.82. The number of carbonyl (C=O) groups is 2. The fraction of sp³-hybridized carbons (Fsp3) is 0.364. The highest BCUT2D eigenvalue weighted by Gasteiger charge is 2.40. The van der Waals surface area contributed by atoms with Crippen molar-refractivity contribution in [2.24, 2.45) is 5.92 Å². The summed E-state index contributed by atoms with van der Waals surface area (Å²) in [7, 11) is 3.70. The molecule has 5 rings (SSSR count). The summed E-state index contributed by atoms with van der Waals surface area (Å²) in [4.78, 5) is 28.9. The number of rotatable bonds is 2. The number of carbonyl (C=O) groups excluding carboxylic acids is 2. The van der Waals surface area contributed by atoms with Crippen LogP contribution in [0, 0.1) is 5.92 Å². The van der Waals surface area contributed by atoms with Gasteiger partial charge in [0.25, 0.3) is 5.91 Å². The van der Waals surface area contributed by atoms with Gasteiger partial charge in [0.05, 0.1) is 18.6 Å². The largest absolute Gasteiger partial charge is 0.472 e. The van der Waals surface area contributed by atoms with E-state index in [1.165, 1.54) is 11.1 Å². The molecule has 2 amide bonds. The van der Waals surface area contributed by atoms with Crippen molar-refractivity contribution in [3.8, 4) is 0 Å². The van der Waals surface area contributed by atoms with Crippen LogP contribution in [0.25, 0.3) is 0 Å². The zero-order chi connectivity index (χ0) is 18.7. The highest BCUT2D eigenvalue weighted by Crippen LogP contribution is 2.44. The number of nitrogens with zero attached hydrogens (tertiary/aromatic N) is 2. The molecule has 0 spiro atoms. The van der Waals surface area contributed by atoms with Gasteiger partial charge in [0.2, 0.25) is 5.91 Å². The lowest BCUT2D eigenvalue weighted by Crippen LogP contribution is -2.27. The normalized spacial score (nSPS) is 24.3. The molecule has 2 aliphatic heterocycles. The zero-order valence-electron chi connectivity index (χ0n) is 15.6. The Morgan fingerprint density at radius 3 is 2.67 bits per heavy atom. The monoisotopic (exact) mass is 362 g/mol. The number of amides is 2. The van der Waals surface area contributed by atoms with Crippen LogP contribution in [0.2, 0.25) is 0 Å². The lowest BCUT2D eigenvalue weighted by atomic mass is 9.76. The van der Waals surface area contributed by atoms with Crippen molar-refractivity contribution < 1.29 is 14.0 Å². The number of likely N-dealkylation sites (N-methyl/N-ethyl adjacent to an activating group) is 1. The Morgan fingerprint density at radius 1 is 1.11 bits per heavy atom. The molecule has 0 unspecified atom stereocenters. The number of furan rings is 1. The van der Waals surface area contributed by atoms with Gasteiger partial charge >= 0.3 is 0 Å².